The Morgan fingerprint density at radius 1 is 1.24 bits per heavy atom. The first kappa shape index (κ1) is 14.4. The fourth-order valence-electron chi connectivity index (χ4n) is 1.67. The molecule has 0 aliphatic heterocycles. The number of carboxylic acid groups (broad SMARTS) is 1. The van der Waals surface area contributed by atoms with Gasteiger partial charge >= 0.3 is 5.97 Å². The Balaban J connectivity index is 1.91. The zero-order chi connectivity index (χ0) is 15.2. The normalized spacial score (nSPS) is 10.1. The molecule has 2 heterocycles. The van der Waals surface area contributed by atoms with Gasteiger partial charge in [-0.05, 0) is 18.2 Å². The summed E-state index contributed by atoms with van der Waals surface area (Å²) in [6.07, 6.45) is 2.89. The maximum Gasteiger partial charge on any atom is 0.337 e. The number of amides is 1. The number of aromatic nitrogens is 2. The molecule has 2 N–H and O–H groups in total. The van der Waals surface area contributed by atoms with E-state index in [1.807, 2.05) is 0 Å². The van der Waals surface area contributed by atoms with E-state index in [2.05, 4.69) is 10.3 Å². The number of nitrogens with zero attached hydrogens (tertiary/aromatic N) is 2. The van der Waals surface area contributed by atoms with Crippen molar-refractivity contribution in [3.05, 3.63) is 58.6 Å². The van der Waals surface area contributed by atoms with Crippen LogP contribution in [0, 0.1) is 0 Å². The first-order valence-corrected chi connectivity index (χ1v) is 6.21. The smallest absolute Gasteiger partial charge is 0.337 e. The molecule has 1 amide bonds. The molecule has 0 atom stereocenters. The van der Waals surface area contributed by atoms with E-state index in [4.69, 9.17) is 5.11 Å². The van der Waals surface area contributed by atoms with Gasteiger partial charge in [0.05, 0.1) is 5.56 Å². The van der Waals surface area contributed by atoms with Gasteiger partial charge in [-0.25, -0.2) is 9.78 Å². The average Bonchev–Trinajstić information content (AvgIpc) is 2.47. The Hall–Kier alpha value is -2.96. The highest BCUT2D eigenvalue weighted by Gasteiger charge is 2.06. The minimum Gasteiger partial charge on any atom is -0.478 e. The largest absolute Gasteiger partial charge is 0.478 e. The van der Waals surface area contributed by atoms with Crippen molar-refractivity contribution in [2.24, 2.45) is 0 Å². The van der Waals surface area contributed by atoms with E-state index in [1.165, 1.54) is 29.0 Å². The van der Waals surface area contributed by atoms with Crippen LogP contribution in [0.1, 0.15) is 16.8 Å². The predicted octanol–water partition coefficient (Wildman–Crippen LogP) is 0.970. The predicted molar refractivity (Wildman–Crippen MR) is 75.1 cm³/mol. The molecule has 0 unspecified atom stereocenters. The SMILES string of the molecule is O=C(CCn1ccccc1=O)Nc1ccc(C(=O)O)cn1. The number of aryl methyl sites for hydroxylation is 1. The van der Waals surface area contributed by atoms with Crippen LogP contribution in [-0.4, -0.2) is 26.5 Å². The van der Waals surface area contributed by atoms with Crippen molar-refractivity contribution >= 4 is 17.7 Å². The summed E-state index contributed by atoms with van der Waals surface area (Å²) < 4.78 is 1.43. The van der Waals surface area contributed by atoms with Gasteiger partial charge in [-0.1, -0.05) is 6.07 Å². The minimum absolute atomic E-state index is 0.0452. The standard InChI is InChI=1S/C14H13N3O4/c18-12(6-8-17-7-2-1-3-13(17)19)16-11-5-4-10(9-15-11)14(20)21/h1-5,7,9H,6,8H2,(H,20,21)(H,15,16,18). The Kier molecular flexibility index (Phi) is 4.45. The Morgan fingerprint density at radius 2 is 2.05 bits per heavy atom. The molecule has 2 aromatic rings. The highest BCUT2D eigenvalue weighted by molar-refractivity contribution is 5.91. The topological polar surface area (TPSA) is 101 Å². The molecule has 0 saturated heterocycles. The maximum atomic E-state index is 11.7. The maximum absolute atomic E-state index is 11.7. The van der Waals surface area contributed by atoms with Crippen molar-refractivity contribution in [2.45, 2.75) is 13.0 Å². The van der Waals surface area contributed by atoms with Crippen LogP contribution in [0.4, 0.5) is 5.82 Å². The molecule has 0 saturated carbocycles. The molecule has 0 aromatic carbocycles. The number of hydrogen-bond acceptors (Lipinski definition) is 4. The summed E-state index contributed by atoms with van der Waals surface area (Å²) in [6, 6.07) is 7.53. The van der Waals surface area contributed by atoms with Gasteiger partial charge in [0.2, 0.25) is 5.91 Å². The second-order valence-corrected chi connectivity index (χ2v) is 4.27. The first-order chi connectivity index (χ1) is 10.1. The molecule has 21 heavy (non-hydrogen) atoms. The summed E-state index contributed by atoms with van der Waals surface area (Å²) in [5.74, 6) is -1.12. The zero-order valence-corrected chi connectivity index (χ0v) is 11.0. The van der Waals surface area contributed by atoms with Crippen LogP contribution in [0.2, 0.25) is 0 Å². The van der Waals surface area contributed by atoms with Crippen LogP contribution in [0.15, 0.2) is 47.5 Å². The van der Waals surface area contributed by atoms with Crippen molar-refractivity contribution in [1.82, 2.24) is 9.55 Å². The minimum atomic E-state index is -1.08. The van der Waals surface area contributed by atoms with E-state index in [0.29, 0.717) is 0 Å². The van der Waals surface area contributed by atoms with E-state index < -0.39 is 5.97 Å². The monoisotopic (exact) mass is 287 g/mol. The third kappa shape index (κ3) is 4.00. The van der Waals surface area contributed by atoms with E-state index in [1.54, 1.807) is 18.3 Å². The number of anilines is 1. The molecule has 2 aromatic heterocycles. The van der Waals surface area contributed by atoms with Crippen molar-refractivity contribution in [3.63, 3.8) is 0 Å². The molecule has 0 bridgehead atoms. The Labute approximate surface area is 119 Å². The van der Waals surface area contributed by atoms with E-state index in [0.717, 1.165) is 0 Å². The van der Waals surface area contributed by atoms with Crippen LogP contribution in [-0.2, 0) is 11.3 Å². The highest BCUT2D eigenvalue weighted by atomic mass is 16.4. The Morgan fingerprint density at radius 3 is 2.67 bits per heavy atom. The summed E-state index contributed by atoms with van der Waals surface area (Å²) in [7, 11) is 0. The van der Waals surface area contributed by atoms with E-state index in [-0.39, 0.29) is 35.8 Å². The number of hydrogen-bond donors (Lipinski definition) is 2. The molecule has 0 fully saturated rings. The van der Waals surface area contributed by atoms with Gasteiger partial charge in [0, 0.05) is 31.4 Å². The van der Waals surface area contributed by atoms with Gasteiger partial charge < -0.3 is 15.0 Å². The molecular formula is C14H13N3O4. The van der Waals surface area contributed by atoms with Gasteiger partial charge in [0.25, 0.3) is 5.56 Å². The lowest BCUT2D eigenvalue weighted by Gasteiger charge is -2.06. The average molecular weight is 287 g/mol. The number of carbonyl (C=O) groups is 2. The van der Waals surface area contributed by atoms with Crippen LogP contribution >= 0.6 is 0 Å². The number of rotatable bonds is 5. The van der Waals surface area contributed by atoms with Gasteiger partial charge in [0.1, 0.15) is 5.82 Å². The molecule has 0 spiro atoms. The zero-order valence-electron chi connectivity index (χ0n) is 11.0. The molecule has 0 aliphatic carbocycles. The lowest BCUT2D eigenvalue weighted by molar-refractivity contribution is -0.116. The summed E-state index contributed by atoms with van der Waals surface area (Å²) in [4.78, 5) is 37.7. The summed E-state index contributed by atoms with van der Waals surface area (Å²) in [5.41, 5.74) is -0.127. The molecule has 2 rings (SSSR count). The van der Waals surface area contributed by atoms with Crippen LogP contribution in [0.25, 0.3) is 0 Å². The molecule has 0 aliphatic rings. The fourth-order valence-corrected chi connectivity index (χ4v) is 1.67. The van der Waals surface area contributed by atoms with Crippen molar-refractivity contribution in [1.29, 1.82) is 0 Å². The third-order valence-electron chi connectivity index (χ3n) is 2.76. The van der Waals surface area contributed by atoms with Gasteiger partial charge in [-0.3, -0.25) is 9.59 Å². The molecule has 7 nitrogen and oxygen atoms in total. The van der Waals surface area contributed by atoms with Crippen LogP contribution in [0.5, 0.6) is 0 Å². The highest BCUT2D eigenvalue weighted by Crippen LogP contribution is 2.05. The third-order valence-corrected chi connectivity index (χ3v) is 2.76. The number of carbonyl (C=O) groups excluding carboxylic acids is 1. The molecule has 108 valence electrons. The first-order valence-electron chi connectivity index (χ1n) is 6.21. The summed E-state index contributed by atoms with van der Waals surface area (Å²) in [5, 5.41) is 11.3. The molecule has 7 heteroatoms. The second-order valence-electron chi connectivity index (χ2n) is 4.27. The summed E-state index contributed by atoms with van der Waals surface area (Å²) in [6.45, 7) is 0.263. The van der Waals surface area contributed by atoms with Crippen LogP contribution < -0.4 is 10.9 Å². The molecular weight excluding hydrogens is 274 g/mol. The molecule has 0 radical (unpaired) electrons. The van der Waals surface area contributed by atoms with Crippen molar-refractivity contribution in [2.75, 3.05) is 5.32 Å². The number of nitrogens with one attached hydrogen (secondary N) is 1. The van der Waals surface area contributed by atoms with E-state index in [9.17, 15) is 14.4 Å². The van der Waals surface area contributed by atoms with Gasteiger partial charge in [0.15, 0.2) is 0 Å². The lowest BCUT2D eigenvalue weighted by atomic mass is 10.3. The number of pyridine rings is 2. The number of carboxylic acids is 1. The number of aromatic carboxylic acids is 1. The van der Waals surface area contributed by atoms with Gasteiger partial charge in [-0.15, -0.1) is 0 Å². The Bertz CT molecular complexity index is 707. The van der Waals surface area contributed by atoms with E-state index >= 15 is 0 Å². The second kappa shape index (κ2) is 6.47. The fraction of sp³-hybridized carbons (Fsp3) is 0.143. The van der Waals surface area contributed by atoms with Crippen LogP contribution in [0.3, 0.4) is 0 Å². The van der Waals surface area contributed by atoms with Crippen molar-refractivity contribution in [3.8, 4) is 0 Å². The van der Waals surface area contributed by atoms with Crippen molar-refractivity contribution < 1.29 is 14.7 Å². The lowest BCUT2D eigenvalue weighted by Crippen LogP contribution is -2.22. The quantitative estimate of drug-likeness (QED) is 0.853. The van der Waals surface area contributed by atoms with Gasteiger partial charge in [-0.2, -0.15) is 0 Å². The summed E-state index contributed by atoms with van der Waals surface area (Å²) >= 11 is 0.